The molecule has 0 aliphatic rings. The molecule has 0 unspecified atom stereocenters. The Labute approximate surface area is 127 Å². The first-order valence-electron chi connectivity index (χ1n) is 5.82. The number of hydrogen-bond acceptors (Lipinski definition) is 3. The second kappa shape index (κ2) is 5.62. The smallest absolute Gasteiger partial charge is 0.145 e. The average molecular weight is 307 g/mol. The fourth-order valence-corrected chi connectivity index (χ4v) is 2.71. The van der Waals surface area contributed by atoms with Gasteiger partial charge in [-0.3, -0.25) is 0 Å². The van der Waals surface area contributed by atoms with Crippen LogP contribution in [0.5, 0.6) is 5.75 Å². The lowest BCUT2D eigenvalue weighted by Gasteiger charge is -2.15. The molecule has 0 spiro atoms. The van der Waals surface area contributed by atoms with Crippen molar-refractivity contribution in [2.45, 2.75) is 6.92 Å². The number of nitrogens with zero attached hydrogens (tertiary/aromatic N) is 1. The molecule has 0 aliphatic carbocycles. The van der Waals surface area contributed by atoms with E-state index in [-0.39, 0.29) is 0 Å². The van der Waals surface area contributed by atoms with Gasteiger partial charge >= 0.3 is 0 Å². The van der Waals surface area contributed by atoms with Crippen molar-refractivity contribution in [1.29, 1.82) is 5.26 Å². The van der Waals surface area contributed by atoms with Crippen LogP contribution in [0.25, 0.3) is 11.1 Å². The van der Waals surface area contributed by atoms with Crippen LogP contribution in [0.2, 0.25) is 10.0 Å². The third-order valence-electron chi connectivity index (χ3n) is 3.11. The summed E-state index contributed by atoms with van der Waals surface area (Å²) >= 11 is 12.2. The Morgan fingerprint density at radius 2 is 1.90 bits per heavy atom. The highest BCUT2D eigenvalue weighted by Gasteiger charge is 2.16. The van der Waals surface area contributed by atoms with Crippen LogP contribution in [0.1, 0.15) is 11.1 Å². The molecule has 2 rings (SSSR count). The molecule has 2 N–H and O–H groups in total. The molecule has 0 heterocycles. The maximum absolute atomic E-state index is 9.19. The van der Waals surface area contributed by atoms with Crippen LogP contribution in [0, 0.1) is 18.3 Å². The number of rotatable bonds is 2. The summed E-state index contributed by atoms with van der Waals surface area (Å²) in [5.74, 6) is 0.521. The van der Waals surface area contributed by atoms with Crippen LogP contribution in [0.4, 0.5) is 5.69 Å². The van der Waals surface area contributed by atoms with Gasteiger partial charge in [0.2, 0.25) is 0 Å². The van der Waals surface area contributed by atoms with Gasteiger partial charge in [-0.25, -0.2) is 0 Å². The number of nitriles is 1. The summed E-state index contributed by atoms with van der Waals surface area (Å²) in [6.07, 6.45) is 0. The van der Waals surface area contributed by atoms with E-state index in [4.69, 9.17) is 33.7 Å². The number of anilines is 1. The summed E-state index contributed by atoms with van der Waals surface area (Å²) in [5, 5.41) is 10.1. The Bertz CT molecular complexity index is 721. The lowest BCUT2D eigenvalue weighted by Crippen LogP contribution is -1.97. The van der Waals surface area contributed by atoms with Crippen LogP contribution in [-0.4, -0.2) is 7.11 Å². The largest absolute Gasteiger partial charge is 0.495 e. The van der Waals surface area contributed by atoms with Crippen LogP contribution in [0.3, 0.4) is 0 Å². The molecule has 0 atom stereocenters. The number of benzene rings is 2. The third kappa shape index (κ3) is 2.40. The standard InChI is InChI=1S/C15H12Cl2N2O/c1-8-10(3-4-14(19)12(8)7-18)11-5-9(16)6-13(17)15(11)20-2/h3-6H,19H2,1-2H3. The van der Waals surface area contributed by atoms with Crippen LogP contribution >= 0.6 is 23.2 Å². The van der Waals surface area contributed by atoms with Crippen molar-refractivity contribution in [3.05, 3.63) is 45.4 Å². The highest BCUT2D eigenvalue weighted by atomic mass is 35.5. The van der Waals surface area contributed by atoms with Crippen molar-refractivity contribution in [1.82, 2.24) is 0 Å². The van der Waals surface area contributed by atoms with E-state index < -0.39 is 0 Å². The second-order valence-corrected chi connectivity index (χ2v) is 5.13. The SMILES string of the molecule is COc1c(Cl)cc(Cl)cc1-c1ccc(N)c(C#N)c1C. The highest BCUT2D eigenvalue weighted by molar-refractivity contribution is 6.36. The molecule has 0 bridgehead atoms. The van der Waals surface area contributed by atoms with Crippen LogP contribution in [0.15, 0.2) is 24.3 Å². The summed E-state index contributed by atoms with van der Waals surface area (Å²) in [7, 11) is 1.54. The minimum Gasteiger partial charge on any atom is -0.495 e. The predicted molar refractivity (Wildman–Crippen MR) is 82.3 cm³/mol. The molecule has 0 saturated carbocycles. The molecular formula is C15H12Cl2N2O. The number of hydrogen-bond donors (Lipinski definition) is 1. The van der Waals surface area contributed by atoms with Gasteiger partial charge in [-0.2, -0.15) is 5.26 Å². The van der Waals surface area contributed by atoms with Gasteiger partial charge in [-0.15, -0.1) is 0 Å². The van der Waals surface area contributed by atoms with Gasteiger partial charge in [0.15, 0.2) is 0 Å². The van der Waals surface area contributed by atoms with Crippen molar-refractivity contribution in [2.24, 2.45) is 0 Å². The molecule has 3 nitrogen and oxygen atoms in total. The van der Waals surface area contributed by atoms with E-state index in [1.54, 1.807) is 18.2 Å². The van der Waals surface area contributed by atoms with E-state index in [9.17, 15) is 5.26 Å². The van der Waals surface area contributed by atoms with E-state index in [0.29, 0.717) is 27.0 Å². The van der Waals surface area contributed by atoms with Crippen LogP contribution in [-0.2, 0) is 0 Å². The normalized spacial score (nSPS) is 10.2. The molecular weight excluding hydrogens is 295 g/mol. The molecule has 20 heavy (non-hydrogen) atoms. The Morgan fingerprint density at radius 1 is 1.20 bits per heavy atom. The quantitative estimate of drug-likeness (QED) is 0.835. The molecule has 0 radical (unpaired) electrons. The maximum atomic E-state index is 9.19. The second-order valence-electron chi connectivity index (χ2n) is 4.28. The lowest BCUT2D eigenvalue weighted by molar-refractivity contribution is 0.416. The fraction of sp³-hybridized carbons (Fsp3) is 0.133. The molecule has 0 amide bonds. The fourth-order valence-electron chi connectivity index (χ4n) is 2.14. The first kappa shape index (κ1) is 14.5. The lowest BCUT2D eigenvalue weighted by atomic mass is 9.95. The summed E-state index contributed by atoms with van der Waals surface area (Å²) in [6, 6.07) is 9.00. The Kier molecular flexibility index (Phi) is 4.08. The summed E-state index contributed by atoms with van der Waals surface area (Å²) in [6.45, 7) is 1.83. The highest BCUT2D eigenvalue weighted by Crippen LogP contribution is 2.41. The van der Waals surface area contributed by atoms with Crippen molar-refractivity contribution in [2.75, 3.05) is 12.8 Å². The number of halogens is 2. The Morgan fingerprint density at radius 3 is 2.50 bits per heavy atom. The van der Waals surface area contributed by atoms with E-state index in [1.165, 1.54) is 7.11 Å². The Hall–Kier alpha value is -1.89. The maximum Gasteiger partial charge on any atom is 0.145 e. The van der Waals surface area contributed by atoms with Crippen molar-refractivity contribution in [3.63, 3.8) is 0 Å². The third-order valence-corrected chi connectivity index (χ3v) is 3.61. The van der Waals surface area contributed by atoms with Gasteiger partial charge in [-0.05, 0) is 36.2 Å². The average Bonchev–Trinajstić information content (AvgIpc) is 2.38. The van der Waals surface area contributed by atoms with Gasteiger partial charge in [-0.1, -0.05) is 29.3 Å². The molecule has 5 heteroatoms. The molecule has 0 aromatic heterocycles. The zero-order chi connectivity index (χ0) is 14.9. The predicted octanol–water partition coefficient (Wildman–Crippen LogP) is 4.43. The topological polar surface area (TPSA) is 59.0 Å². The molecule has 0 aliphatic heterocycles. The van der Waals surface area contributed by atoms with Gasteiger partial charge in [0, 0.05) is 16.3 Å². The van der Waals surface area contributed by atoms with E-state index in [1.807, 2.05) is 13.0 Å². The van der Waals surface area contributed by atoms with Crippen LogP contribution < -0.4 is 10.5 Å². The van der Waals surface area contributed by atoms with Gasteiger partial charge < -0.3 is 10.5 Å². The van der Waals surface area contributed by atoms with Gasteiger partial charge in [0.25, 0.3) is 0 Å². The number of ether oxygens (including phenoxy) is 1. The van der Waals surface area contributed by atoms with Gasteiger partial charge in [0.05, 0.1) is 17.7 Å². The minimum absolute atomic E-state index is 0.421. The number of nitrogens with two attached hydrogens (primary N) is 1. The van der Waals surface area contributed by atoms with Crippen molar-refractivity contribution < 1.29 is 4.74 Å². The minimum atomic E-state index is 0.421. The number of nitrogen functional groups attached to an aromatic ring is 1. The monoisotopic (exact) mass is 306 g/mol. The van der Waals surface area contributed by atoms with E-state index in [0.717, 1.165) is 16.7 Å². The summed E-state index contributed by atoms with van der Waals surface area (Å²) in [4.78, 5) is 0. The first-order valence-corrected chi connectivity index (χ1v) is 6.57. The van der Waals surface area contributed by atoms with E-state index >= 15 is 0 Å². The molecule has 2 aromatic rings. The zero-order valence-electron chi connectivity index (χ0n) is 11.0. The number of methoxy groups -OCH3 is 1. The first-order chi connectivity index (χ1) is 9.49. The molecule has 102 valence electrons. The molecule has 0 saturated heterocycles. The van der Waals surface area contributed by atoms with E-state index in [2.05, 4.69) is 6.07 Å². The summed E-state index contributed by atoms with van der Waals surface area (Å²) < 4.78 is 5.34. The van der Waals surface area contributed by atoms with Gasteiger partial charge in [0.1, 0.15) is 11.8 Å². The molecule has 0 fully saturated rings. The summed E-state index contributed by atoms with van der Waals surface area (Å²) in [5.41, 5.74) is 9.01. The van der Waals surface area contributed by atoms with Crippen molar-refractivity contribution in [3.8, 4) is 22.9 Å². The van der Waals surface area contributed by atoms with Crippen molar-refractivity contribution >= 4 is 28.9 Å². The zero-order valence-corrected chi connectivity index (χ0v) is 12.5. The molecule has 2 aromatic carbocycles. The Balaban J connectivity index is 2.79.